The maximum atomic E-state index is 12.1. The molecule has 0 heterocycles. The van der Waals surface area contributed by atoms with Gasteiger partial charge in [0, 0.05) is 6.54 Å². The minimum Gasteiger partial charge on any atom is -0.398 e. The second-order valence-electron chi connectivity index (χ2n) is 4.34. The average molecular weight is 312 g/mol. The van der Waals surface area contributed by atoms with Gasteiger partial charge >= 0.3 is 6.18 Å². The lowest BCUT2D eigenvalue weighted by Gasteiger charge is -2.17. The Kier molecular flexibility index (Phi) is 4.67. The molecule has 0 saturated heterocycles. The highest BCUT2D eigenvalue weighted by molar-refractivity contribution is 7.89. The quantitative estimate of drug-likeness (QED) is 0.726. The number of halogens is 3. The highest BCUT2D eigenvalue weighted by atomic mass is 32.2. The lowest BCUT2D eigenvalue weighted by Crippen LogP contribution is -2.41. The van der Waals surface area contributed by atoms with Gasteiger partial charge in [-0.15, -0.1) is 0 Å². The van der Waals surface area contributed by atoms with E-state index in [-0.39, 0.29) is 10.6 Å². The molecule has 0 aromatic heterocycles. The number of hydrogen-bond acceptors (Lipinski definition) is 4. The van der Waals surface area contributed by atoms with Gasteiger partial charge in [-0.1, -0.05) is 6.07 Å². The zero-order valence-electron chi connectivity index (χ0n) is 10.8. The van der Waals surface area contributed by atoms with Crippen LogP contribution in [0.1, 0.15) is 11.1 Å². The number of rotatable bonds is 4. The molecule has 0 aliphatic carbocycles. The van der Waals surface area contributed by atoms with Crippen molar-refractivity contribution >= 4 is 15.7 Å². The first-order valence-electron chi connectivity index (χ1n) is 5.57. The Balaban J connectivity index is 3.05. The Labute approximate surface area is 114 Å². The molecular formula is C11H15F3N2O3S. The first-order chi connectivity index (χ1) is 8.97. The Morgan fingerprint density at radius 3 is 2.40 bits per heavy atom. The molecule has 0 aliphatic rings. The molecule has 0 amide bonds. The molecule has 1 unspecified atom stereocenters. The molecule has 0 spiro atoms. The summed E-state index contributed by atoms with van der Waals surface area (Å²) < 4.78 is 62.1. The summed E-state index contributed by atoms with van der Waals surface area (Å²) in [6.45, 7) is 1.98. The number of nitrogens with two attached hydrogens (primary N) is 1. The molecule has 0 saturated carbocycles. The van der Waals surface area contributed by atoms with Crippen LogP contribution in [-0.4, -0.2) is 32.3 Å². The van der Waals surface area contributed by atoms with E-state index in [1.54, 1.807) is 17.7 Å². The molecular weight excluding hydrogens is 297 g/mol. The van der Waals surface area contributed by atoms with E-state index >= 15 is 0 Å². The van der Waals surface area contributed by atoms with Crippen LogP contribution in [0.3, 0.4) is 0 Å². The zero-order chi connectivity index (χ0) is 15.7. The minimum absolute atomic E-state index is 0.0675. The van der Waals surface area contributed by atoms with E-state index in [9.17, 15) is 21.6 Å². The lowest BCUT2D eigenvalue weighted by atomic mass is 10.1. The third-order valence-corrected chi connectivity index (χ3v) is 4.45. The smallest absolute Gasteiger partial charge is 0.398 e. The van der Waals surface area contributed by atoms with E-state index in [0.717, 1.165) is 0 Å². The van der Waals surface area contributed by atoms with Gasteiger partial charge in [0.05, 0.1) is 5.69 Å². The van der Waals surface area contributed by atoms with Gasteiger partial charge in [0.15, 0.2) is 6.10 Å². The van der Waals surface area contributed by atoms with Gasteiger partial charge in [-0.2, -0.15) is 13.2 Å². The molecule has 9 heteroatoms. The number of aliphatic hydroxyl groups is 1. The van der Waals surface area contributed by atoms with Crippen molar-refractivity contribution in [1.29, 1.82) is 0 Å². The predicted molar refractivity (Wildman–Crippen MR) is 67.6 cm³/mol. The Bertz CT molecular complexity index is 600. The number of nitrogens with one attached hydrogen (secondary N) is 1. The Hall–Kier alpha value is -1.32. The van der Waals surface area contributed by atoms with Crippen LogP contribution in [0.15, 0.2) is 17.0 Å². The fourth-order valence-corrected chi connectivity index (χ4v) is 3.01. The fourth-order valence-electron chi connectivity index (χ4n) is 1.54. The highest BCUT2D eigenvalue weighted by Gasteiger charge is 2.39. The molecule has 0 aliphatic heterocycles. The number of aliphatic hydroxyl groups excluding tert-OH is 1. The van der Waals surface area contributed by atoms with Crippen LogP contribution < -0.4 is 10.5 Å². The molecule has 4 N–H and O–H groups in total. The topological polar surface area (TPSA) is 92.4 Å². The summed E-state index contributed by atoms with van der Waals surface area (Å²) in [5.74, 6) is 0. The van der Waals surface area contributed by atoms with Crippen LogP contribution >= 0.6 is 0 Å². The van der Waals surface area contributed by atoms with Gasteiger partial charge < -0.3 is 10.8 Å². The molecule has 114 valence electrons. The molecule has 20 heavy (non-hydrogen) atoms. The van der Waals surface area contributed by atoms with Crippen LogP contribution in [0.5, 0.6) is 0 Å². The average Bonchev–Trinajstić information content (AvgIpc) is 2.30. The molecule has 1 aromatic rings. The number of aryl methyl sites for hydroxylation is 1. The van der Waals surface area contributed by atoms with Crippen LogP contribution in [0.25, 0.3) is 0 Å². The molecule has 5 nitrogen and oxygen atoms in total. The van der Waals surface area contributed by atoms with Crippen molar-refractivity contribution < 1.29 is 26.7 Å². The molecule has 1 atom stereocenters. The van der Waals surface area contributed by atoms with Crippen molar-refractivity contribution in [2.24, 2.45) is 0 Å². The Morgan fingerprint density at radius 2 is 1.90 bits per heavy atom. The van der Waals surface area contributed by atoms with Crippen molar-refractivity contribution in [2.45, 2.75) is 31.0 Å². The monoisotopic (exact) mass is 312 g/mol. The third kappa shape index (κ3) is 3.62. The van der Waals surface area contributed by atoms with Crippen molar-refractivity contribution in [2.75, 3.05) is 12.3 Å². The number of alkyl halides is 3. The minimum atomic E-state index is -4.89. The number of benzene rings is 1. The summed E-state index contributed by atoms with van der Waals surface area (Å²) >= 11 is 0. The molecule has 0 radical (unpaired) electrons. The largest absolute Gasteiger partial charge is 0.415 e. The second kappa shape index (κ2) is 5.58. The molecule has 1 aromatic carbocycles. The normalized spacial score (nSPS) is 14.3. The summed E-state index contributed by atoms with van der Waals surface area (Å²) in [7, 11) is -4.23. The Morgan fingerprint density at radius 1 is 1.35 bits per heavy atom. The number of nitrogen functional groups attached to an aromatic ring is 1. The van der Waals surface area contributed by atoms with Crippen molar-refractivity contribution in [3.8, 4) is 0 Å². The first kappa shape index (κ1) is 16.7. The van der Waals surface area contributed by atoms with E-state index in [2.05, 4.69) is 0 Å². The lowest BCUT2D eigenvalue weighted by molar-refractivity contribution is -0.200. The van der Waals surface area contributed by atoms with E-state index < -0.39 is 28.8 Å². The van der Waals surface area contributed by atoms with Crippen molar-refractivity contribution in [1.82, 2.24) is 4.72 Å². The predicted octanol–water partition coefficient (Wildman–Crippen LogP) is 1.09. The summed E-state index contributed by atoms with van der Waals surface area (Å²) in [5.41, 5.74) is 6.48. The summed E-state index contributed by atoms with van der Waals surface area (Å²) in [6.07, 6.45) is -7.67. The fraction of sp³-hybridized carbons (Fsp3) is 0.455. The van der Waals surface area contributed by atoms with Crippen molar-refractivity contribution in [3.63, 3.8) is 0 Å². The molecule has 0 bridgehead atoms. The SMILES string of the molecule is Cc1ccc(N)c(S(=O)(=O)NCC(O)C(F)(F)F)c1C. The number of hydrogen-bond donors (Lipinski definition) is 3. The first-order valence-corrected chi connectivity index (χ1v) is 7.05. The van der Waals surface area contributed by atoms with E-state index in [1.807, 2.05) is 0 Å². The van der Waals surface area contributed by atoms with Gasteiger partial charge in [0.1, 0.15) is 4.90 Å². The van der Waals surface area contributed by atoms with Crippen LogP contribution in [0.2, 0.25) is 0 Å². The zero-order valence-corrected chi connectivity index (χ0v) is 11.6. The van der Waals surface area contributed by atoms with E-state index in [1.165, 1.54) is 13.0 Å². The van der Waals surface area contributed by atoms with Crippen molar-refractivity contribution in [3.05, 3.63) is 23.3 Å². The second-order valence-corrected chi connectivity index (χ2v) is 6.04. The van der Waals surface area contributed by atoms with Gasteiger partial charge in [-0.05, 0) is 31.0 Å². The summed E-state index contributed by atoms with van der Waals surface area (Å²) in [6, 6.07) is 2.96. The van der Waals surface area contributed by atoms with Crippen LogP contribution in [0.4, 0.5) is 18.9 Å². The van der Waals surface area contributed by atoms with Crippen LogP contribution in [-0.2, 0) is 10.0 Å². The van der Waals surface area contributed by atoms with E-state index in [4.69, 9.17) is 10.8 Å². The van der Waals surface area contributed by atoms with Gasteiger partial charge in [0.2, 0.25) is 10.0 Å². The number of sulfonamides is 1. The summed E-state index contributed by atoms with van der Waals surface area (Å²) in [4.78, 5) is -0.271. The van der Waals surface area contributed by atoms with Crippen LogP contribution in [0, 0.1) is 13.8 Å². The summed E-state index contributed by atoms with van der Waals surface area (Å²) in [5, 5.41) is 8.81. The third-order valence-electron chi connectivity index (χ3n) is 2.82. The number of anilines is 1. The standard InChI is InChI=1S/C11H15F3N2O3S/c1-6-3-4-8(15)10(7(6)2)20(18,19)16-5-9(17)11(12,13)14/h3-4,9,16-17H,5,15H2,1-2H3. The maximum Gasteiger partial charge on any atom is 0.415 e. The van der Waals surface area contributed by atoms with Gasteiger partial charge in [-0.25, -0.2) is 13.1 Å². The molecule has 1 rings (SSSR count). The maximum absolute atomic E-state index is 12.1. The van der Waals surface area contributed by atoms with Gasteiger partial charge in [-0.3, -0.25) is 0 Å². The molecule has 0 fully saturated rings. The van der Waals surface area contributed by atoms with Gasteiger partial charge in [0.25, 0.3) is 0 Å². The van der Waals surface area contributed by atoms with E-state index in [0.29, 0.717) is 11.1 Å². The highest BCUT2D eigenvalue weighted by Crippen LogP contribution is 2.25.